The van der Waals surface area contributed by atoms with Crippen molar-refractivity contribution in [2.45, 2.75) is 70.1 Å². The highest BCUT2D eigenvalue weighted by atomic mass is 19.4. The molecule has 4 aliphatic rings. The van der Waals surface area contributed by atoms with Gasteiger partial charge in [0.25, 0.3) is 22.7 Å². The highest BCUT2D eigenvalue weighted by molar-refractivity contribution is 7.20. The molecule has 0 bridgehead atoms. The van der Waals surface area contributed by atoms with Crippen molar-refractivity contribution in [3.8, 4) is 0 Å². The van der Waals surface area contributed by atoms with Crippen LogP contribution < -0.4 is 21.9 Å². The van der Waals surface area contributed by atoms with Gasteiger partial charge in [-0.05, 0) is 0 Å². The van der Waals surface area contributed by atoms with E-state index in [1.807, 2.05) is 0 Å². The smallest absolute Gasteiger partial charge is 0.224 e. The first-order chi connectivity index (χ1) is 32.5. The highest BCUT2D eigenvalue weighted by Gasteiger charge is 3.03. The number of rotatable bonds is 8. The van der Waals surface area contributed by atoms with Gasteiger partial charge in [-0.2, -0.15) is 70.2 Å². The maximum Gasteiger partial charge on any atom is 0.357 e. The van der Waals surface area contributed by atoms with Gasteiger partial charge in [0, 0.05) is 0 Å². The van der Waals surface area contributed by atoms with Gasteiger partial charge in [-0.1, -0.05) is 0 Å². The Bertz CT molecular complexity index is 2640. The Morgan fingerprint density at radius 2 is 0.260 bits per heavy atom. The summed E-state index contributed by atoms with van der Waals surface area (Å²) in [4.78, 5) is 0. The molecule has 0 aliphatic heterocycles. The van der Waals surface area contributed by atoms with E-state index in [0.717, 1.165) is 0 Å². The van der Waals surface area contributed by atoms with Gasteiger partial charge < -0.3 is 0 Å². The molecule has 4 aromatic carbocycles. The van der Waals surface area contributed by atoms with Crippen molar-refractivity contribution in [3.05, 3.63) is 115 Å². The van der Waals surface area contributed by atoms with Crippen molar-refractivity contribution < 1.29 is 158 Å². The standard InChI is InChI=1S/C36BF36/c38-9-1(25(54)29(58,59)30(25,60)61)10(39)18(47)5(17(9)46)37(6-19(48)11(40)2(12(41)20(6)49)26(55)31(62,63)32(26,64)65,7-21(50)13(42)3(14(43)22(7)51)27(56)33(66,67)34(27,68)69)8-23(52)15(44)4(16(45)24(8)53)28(57)35(70,71)36(28,72)73/q-1. The lowest BCUT2D eigenvalue weighted by Gasteiger charge is -2.45. The third kappa shape index (κ3) is 4.85. The lowest BCUT2D eigenvalue weighted by Crippen LogP contribution is -2.81. The average Bonchev–Trinajstić information content (AvgIpc) is 3.99. The molecule has 4 aromatic rings. The summed E-state index contributed by atoms with van der Waals surface area (Å²) in [6.07, 6.45) is -8.83. The monoisotopic (exact) mass is 1130 g/mol. The highest BCUT2D eigenvalue weighted by Crippen LogP contribution is 2.77. The average molecular weight is 1130 g/mol. The number of alkyl halides is 20. The van der Waals surface area contributed by atoms with Crippen LogP contribution in [0.4, 0.5) is 158 Å². The first-order valence-electron chi connectivity index (χ1n) is 18.0. The summed E-state index contributed by atoms with van der Waals surface area (Å²) in [6, 6.07) is 0. The number of hydrogen-bond donors (Lipinski definition) is 0. The largest absolute Gasteiger partial charge is 0.357 e. The predicted molar refractivity (Wildman–Crippen MR) is 160 cm³/mol. The maximum absolute atomic E-state index is 16.7. The molecule has 0 aromatic heterocycles. The first kappa shape index (κ1) is 53.7. The van der Waals surface area contributed by atoms with Gasteiger partial charge in [-0.25, -0.2) is 87.8 Å². The zero-order valence-electron chi connectivity index (χ0n) is 32.2. The van der Waals surface area contributed by atoms with Gasteiger partial charge in [-0.15, -0.1) is 21.9 Å². The molecule has 0 heterocycles. The molecule has 4 saturated carbocycles. The molecule has 0 atom stereocenters. The van der Waals surface area contributed by atoms with Gasteiger partial charge in [0.05, 0.1) is 22.3 Å². The predicted octanol–water partition coefficient (Wildman–Crippen LogP) is 11.1. The van der Waals surface area contributed by atoms with Crippen LogP contribution in [-0.2, 0) is 22.7 Å². The summed E-state index contributed by atoms with van der Waals surface area (Å²) >= 11 is 0. The van der Waals surface area contributed by atoms with E-state index >= 15 is 87.8 Å². The quantitative estimate of drug-likeness (QED) is 0.0937. The van der Waals surface area contributed by atoms with E-state index < -0.39 is 213 Å². The summed E-state index contributed by atoms with van der Waals surface area (Å²) in [5.74, 6) is -131. The second-order valence-electron chi connectivity index (χ2n) is 16.3. The minimum atomic E-state index is -8.83. The van der Waals surface area contributed by atoms with E-state index in [0.29, 0.717) is 0 Å². The Morgan fingerprint density at radius 3 is 0.342 bits per heavy atom. The molecule has 0 unspecified atom stereocenters. The van der Waals surface area contributed by atoms with Crippen molar-refractivity contribution in [2.24, 2.45) is 0 Å². The van der Waals surface area contributed by atoms with Gasteiger partial charge in [0.15, 0.2) is 46.5 Å². The fourth-order valence-corrected chi connectivity index (χ4v) is 8.99. The lowest BCUT2D eigenvalue weighted by molar-refractivity contribution is -0.0278. The van der Waals surface area contributed by atoms with E-state index in [9.17, 15) is 70.2 Å². The van der Waals surface area contributed by atoms with Gasteiger partial charge in [-0.3, -0.25) is 0 Å². The van der Waals surface area contributed by atoms with Gasteiger partial charge in [0.1, 0.15) is 52.7 Å². The van der Waals surface area contributed by atoms with Crippen LogP contribution in [0.5, 0.6) is 0 Å². The molecule has 0 amide bonds. The molecular weight excluding hydrogens is 1130 g/mol. The Morgan fingerprint density at radius 1 is 0.164 bits per heavy atom. The number of halogens is 36. The molecule has 73 heavy (non-hydrogen) atoms. The first-order valence-corrected chi connectivity index (χ1v) is 18.0. The van der Waals surface area contributed by atoms with Crippen LogP contribution in [0.25, 0.3) is 0 Å². The normalized spacial score (nSPS) is 23.8. The Labute approximate surface area is 372 Å². The van der Waals surface area contributed by atoms with Crippen LogP contribution in [-0.4, -0.2) is 53.5 Å². The van der Waals surface area contributed by atoms with Gasteiger partial charge >= 0.3 is 47.4 Å². The van der Waals surface area contributed by atoms with Crippen LogP contribution in [0, 0.1) is 93.1 Å². The molecule has 4 fully saturated rings. The van der Waals surface area contributed by atoms with Crippen LogP contribution in [0.1, 0.15) is 22.3 Å². The molecular formula is C36BF36-. The van der Waals surface area contributed by atoms with E-state index in [2.05, 4.69) is 0 Å². The molecule has 37 heteroatoms. The van der Waals surface area contributed by atoms with E-state index in [1.54, 1.807) is 0 Å². The zero-order chi connectivity index (χ0) is 56.4. The fraction of sp³-hybridized carbons (Fsp3) is 0.333. The summed E-state index contributed by atoms with van der Waals surface area (Å²) in [5, 5.41) is 0. The van der Waals surface area contributed by atoms with Crippen molar-refractivity contribution in [3.63, 3.8) is 0 Å². The third-order valence-electron chi connectivity index (χ3n) is 13.1. The number of hydrogen-bond acceptors (Lipinski definition) is 0. The second-order valence-corrected chi connectivity index (χ2v) is 16.3. The number of benzene rings is 4. The molecule has 0 spiro atoms. The van der Waals surface area contributed by atoms with Gasteiger partial charge in [0.2, 0.25) is 0 Å². The van der Waals surface area contributed by atoms with Crippen molar-refractivity contribution in [2.75, 3.05) is 0 Å². The molecule has 0 radical (unpaired) electrons. The van der Waals surface area contributed by atoms with E-state index in [4.69, 9.17) is 0 Å². The van der Waals surface area contributed by atoms with Crippen molar-refractivity contribution in [1.29, 1.82) is 0 Å². The topological polar surface area (TPSA) is 0 Å². The van der Waals surface area contributed by atoms with E-state index in [-0.39, 0.29) is 0 Å². The van der Waals surface area contributed by atoms with Crippen LogP contribution in [0.15, 0.2) is 0 Å². The molecule has 4 aliphatic carbocycles. The molecule has 0 saturated heterocycles. The summed E-state index contributed by atoms with van der Waals surface area (Å²) < 4.78 is 547. The minimum Gasteiger partial charge on any atom is -0.224 e. The Balaban J connectivity index is 1.73. The van der Waals surface area contributed by atoms with Crippen LogP contribution in [0.3, 0.4) is 0 Å². The van der Waals surface area contributed by atoms with Crippen LogP contribution in [0.2, 0.25) is 0 Å². The van der Waals surface area contributed by atoms with Crippen LogP contribution >= 0.6 is 0 Å². The third-order valence-corrected chi connectivity index (χ3v) is 13.1. The fourth-order valence-electron chi connectivity index (χ4n) is 8.99. The summed E-state index contributed by atoms with van der Waals surface area (Å²) in [7, 11) is 0. The Hall–Kier alpha value is -5.58. The van der Waals surface area contributed by atoms with Crippen molar-refractivity contribution >= 4 is 28.0 Å². The molecule has 0 nitrogen and oxygen atoms in total. The summed E-state index contributed by atoms with van der Waals surface area (Å²) in [6.45, 7) is 0. The molecule has 400 valence electrons. The zero-order valence-corrected chi connectivity index (χ0v) is 32.2. The summed E-state index contributed by atoms with van der Waals surface area (Å²) in [5.41, 5.74) is -63.2. The minimum absolute atomic E-state index is 4.31. The lowest BCUT2D eigenvalue weighted by atomic mass is 9.12. The maximum atomic E-state index is 16.7. The van der Waals surface area contributed by atoms with Crippen molar-refractivity contribution in [1.82, 2.24) is 0 Å². The Kier molecular flexibility index (Phi) is 10.0. The SMILES string of the molecule is Fc1c(F)c(C2(F)C(F)(F)C2(F)F)c(F)c(F)c1[B-](c1c(F)c(F)c(C2(F)C(F)(F)C2(F)F)c(F)c1F)(c1c(F)c(F)c(C2(F)C(F)(F)C2(F)F)c(F)c1F)c1c(F)c(F)c(C2(F)C(F)(F)C2(F)F)c(F)c1F. The molecule has 8 rings (SSSR count). The second kappa shape index (κ2) is 13.6. The molecule has 0 N–H and O–H groups in total. The van der Waals surface area contributed by atoms with E-state index in [1.165, 1.54) is 0 Å².